The molecule has 0 saturated heterocycles. The summed E-state index contributed by atoms with van der Waals surface area (Å²) in [7, 11) is 0. The Bertz CT molecular complexity index is 676. The van der Waals surface area contributed by atoms with Crippen LogP contribution < -0.4 is 0 Å². The molecule has 0 saturated carbocycles. The number of thiophene rings is 1. The second-order valence-corrected chi connectivity index (χ2v) is 6.70. The third kappa shape index (κ3) is 4.16. The van der Waals surface area contributed by atoms with Crippen molar-refractivity contribution >= 4 is 29.0 Å². The number of hydrogen-bond acceptors (Lipinski definition) is 3. The van der Waals surface area contributed by atoms with Crippen LogP contribution >= 0.6 is 22.9 Å². The lowest BCUT2D eigenvalue weighted by Gasteiger charge is -2.01. The number of benzene rings is 1. The fourth-order valence-corrected chi connectivity index (χ4v) is 3.31. The van der Waals surface area contributed by atoms with Gasteiger partial charge in [-0.2, -0.15) is 0 Å². The minimum atomic E-state index is -0.297. The highest BCUT2D eigenvalue weighted by Gasteiger charge is 2.14. The molecule has 2 aromatic rings. The van der Waals surface area contributed by atoms with Crippen molar-refractivity contribution in [3.8, 4) is 10.4 Å². The largest absolute Gasteiger partial charge is 0.259 e. The fourth-order valence-electron chi connectivity index (χ4n) is 2.00. The van der Waals surface area contributed by atoms with Crippen LogP contribution in [0.1, 0.15) is 25.1 Å². The maximum atomic E-state index is 11.1. The molecule has 0 atom stereocenters. The molecule has 1 heterocycles. The average molecular weight is 322 g/mol. The molecule has 1 aromatic heterocycles. The van der Waals surface area contributed by atoms with Crippen molar-refractivity contribution in [2.75, 3.05) is 0 Å². The fraction of sp³-hybridized carbons (Fsp3) is 0.250. The van der Waals surface area contributed by atoms with Gasteiger partial charge in [-0.3, -0.25) is 10.1 Å². The zero-order valence-electron chi connectivity index (χ0n) is 11.9. The van der Waals surface area contributed by atoms with E-state index in [0.717, 1.165) is 15.3 Å². The minimum Gasteiger partial charge on any atom is -0.259 e. The summed E-state index contributed by atoms with van der Waals surface area (Å²) >= 11 is 7.68. The van der Waals surface area contributed by atoms with Gasteiger partial charge >= 0.3 is 0 Å². The standard InChI is InChI=1S/C16H16ClNO2S/c1-11(2)9-12(18(19)20)10-13-7-8-16(21-13)14-5-3-4-6-15(14)17/h3-8,10-11H,9H2,1-2H3. The maximum absolute atomic E-state index is 11.1. The molecule has 1 aromatic carbocycles. The molecule has 0 N–H and O–H groups in total. The zero-order valence-corrected chi connectivity index (χ0v) is 13.4. The lowest BCUT2D eigenvalue weighted by atomic mass is 10.1. The van der Waals surface area contributed by atoms with Gasteiger partial charge in [-0.25, -0.2) is 0 Å². The van der Waals surface area contributed by atoms with Gasteiger partial charge in [-0.15, -0.1) is 11.3 Å². The lowest BCUT2D eigenvalue weighted by Crippen LogP contribution is -2.01. The van der Waals surface area contributed by atoms with Crippen LogP contribution in [0.4, 0.5) is 0 Å². The van der Waals surface area contributed by atoms with E-state index in [1.807, 2.05) is 50.2 Å². The number of nitrogens with zero attached hydrogens (tertiary/aromatic N) is 1. The highest BCUT2D eigenvalue weighted by Crippen LogP contribution is 2.34. The van der Waals surface area contributed by atoms with Crippen LogP contribution in [-0.2, 0) is 0 Å². The van der Waals surface area contributed by atoms with Gasteiger partial charge in [-0.1, -0.05) is 43.6 Å². The molecule has 0 unspecified atom stereocenters. The Kier molecular flexibility index (Phi) is 5.15. The number of nitro groups is 1. The van der Waals surface area contributed by atoms with E-state index in [1.165, 1.54) is 11.3 Å². The summed E-state index contributed by atoms with van der Waals surface area (Å²) in [6.07, 6.45) is 2.12. The molecule has 0 fully saturated rings. The van der Waals surface area contributed by atoms with Crippen molar-refractivity contribution in [2.45, 2.75) is 20.3 Å². The molecular formula is C16H16ClNO2S. The highest BCUT2D eigenvalue weighted by atomic mass is 35.5. The quantitative estimate of drug-likeness (QED) is 0.521. The van der Waals surface area contributed by atoms with E-state index >= 15 is 0 Å². The van der Waals surface area contributed by atoms with Gasteiger partial charge in [0.05, 0.1) is 4.92 Å². The normalized spacial score (nSPS) is 11.9. The molecule has 2 rings (SSSR count). The Morgan fingerprint density at radius 1 is 1.33 bits per heavy atom. The third-order valence-electron chi connectivity index (χ3n) is 2.93. The van der Waals surface area contributed by atoms with Gasteiger partial charge in [0.1, 0.15) is 0 Å². The third-order valence-corrected chi connectivity index (χ3v) is 4.32. The Morgan fingerprint density at radius 3 is 2.67 bits per heavy atom. The van der Waals surface area contributed by atoms with Gasteiger partial charge in [0.25, 0.3) is 0 Å². The second kappa shape index (κ2) is 6.87. The van der Waals surface area contributed by atoms with Gasteiger partial charge in [0.15, 0.2) is 0 Å². The van der Waals surface area contributed by atoms with Crippen LogP contribution in [-0.4, -0.2) is 4.92 Å². The predicted octanol–water partition coefficient (Wildman–Crippen LogP) is 5.73. The van der Waals surface area contributed by atoms with Crippen molar-refractivity contribution in [2.24, 2.45) is 5.92 Å². The van der Waals surface area contributed by atoms with Crippen LogP contribution in [0, 0.1) is 16.0 Å². The summed E-state index contributed by atoms with van der Waals surface area (Å²) in [5.74, 6) is 0.254. The lowest BCUT2D eigenvalue weighted by molar-refractivity contribution is -0.427. The first kappa shape index (κ1) is 15.7. The molecule has 0 spiro atoms. The minimum absolute atomic E-state index is 0.248. The van der Waals surface area contributed by atoms with E-state index in [-0.39, 0.29) is 16.5 Å². The number of hydrogen-bond donors (Lipinski definition) is 0. The Hall–Kier alpha value is -1.65. The molecule has 3 nitrogen and oxygen atoms in total. The second-order valence-electron chi connectivity index (χ2n) is 5.17. The van der Waals surface area contributed by atoms with Crippen LogP contribution in [0.25, 0.3) is 16.5 Å². The maximum Gasteiger partial charge on any atom is 0.247 e. The van der Waals surface area contributed by atoms with E-state index in [4.69, 9.17) is 11.6 Å². The van der Waals surface area contributed by atoms with Crippen LogP contribution in [0.15, 0.2) is 42.1 Å². The monoisotopic (exact) mass is 321 g/mol. The summed E-state index contributed by atoms with van der Waals surface area (Å²) in [6.45, 7) is 3.95. The Morgan fingerprint density at radius 2 is 2.05 bits per heavy atom. The first-order chi connectivity index (χ1) is 9.97. The van der Waals surface area contributed by atoms with Crippen LogP contribution in [0.5, 0.6) is 0 Å². The molecule has 0 aliphatic rings. The molecule has 21 heavy (non-hydrogen) atoms. The molecule has 0 radical (unpaired) electrons. The SMILES string of the molecule is CC(C)CC(=Cc1ccc(-c2ccccc2Cl)s1)[N+](=O)[O-]. The molecule has 5 heteroatoms. The van der Waals surface area contributed by atoms with Crippen molar-refractivity contribution < 1.29 is 4.92 Å². The first-order valence-corrected chi connectivity index (χ1v) is 7.86. The van der Waals surface area contributed by atoms with Crippen LogP contribution in [0.3, 0.4) is 0 Å². The summed E-state index contributed by atoms with van der Waals surface area (Å²) in [5.41, 5.74) is 1.20. The molecular weight excluding hydrogens is 306 g/mol. The Balaban J connectivity index is 2.31. The van der Waals surface area contributed by atoms with Crippen molar-refractivity contribution in [3.63, 3.8) is 0 Å². The number of allylic oxidation sites excluding steroid dienone is 1. The summed E-state index contributed by atoms with van der Waals surface area (Å²) in [4.78, 5) is 12.7. The van der Waals surface area contributed by atoms with Gasteiger partial charge < -0.3 is 0 Å². The van der Waals surface area contributed by atoms with E-state index < -0.39 is 0 Å². The van der Waals surface area contributed by atoms with Crippen LogP contribution in [0.2, 0.25) is 5.02 Å². The van der Waals surface area contributed by atoms with Gasteiger partial charge in [-0.05, 0) is 24.1 Å². The predicted molar refractivity (Wildman–Crippen MR) is 89.2 cm³/mol. The van der Waals surface area contributed by atoms with E-state index in [9.17, 15) is 10.1 Å². The van der Waals surface area contributed by atoms with Gasteiger partial charge in [0.2, 0.25) is 5.70 Å². The van der Waals surface area contributed by atoms with E-state index in [0.29, 0.717) is 11.4 Å². The topological polar surface area (TPSA) is 43.1 Å². The summed E-state index contributed by atoms with van der Waals surface area (Å²) in [6, 6.07) is 11.4. The van der Waals surface area contributed by atoms with Crippen molar-refractivity contribution in [3.05, 3.63) is 62.1 Å². The van der Waals surface area contributed by atoms with E-state index in [2.05, 4.69) is 0 Å². The van der Waals surface area contributed by atoms with Crippen molar-refractivity contribution in [1.82, 2.24) is 0 Å². The summed E-state index contributed by atoms with van der Waals surface area (Å²) in [5, 5.41) is 11.8. The smallest absolute Gasteiger partial charge is 0.247 e. The molecule has 0 aliphatic heterocycles. The van der Waals surface area contributed by atoms with Crippen molar-refractivity contribution in [1.29, 1.82) is 0 Å². The molecule has 0 bridgehead atoms. The highest BCUT2D eigenvalue weighted by molar-refractivity contribution is 7.16. The number of rotatable bonds is 5. The number of halogens is 1. The van der Waals surface area contributed by atoms with E-state index in [1.54, 1.807) is 6.08 Å². The zero-order chi connectivity index (χ0) is 15.4. The molecule has 110 valence electrons. The first-order valence-electron chi connectivity index (χ1n) is 6.67. The molecule has 0 aliphatic carbocycles. The summed E-state index contributed by atoms with van der Waals surface area (Å²) < 4.78 is 0. The molecule has 0 amide bonds. The Labute approximate surface area is 133 Å². The van der Waals surface area contributed by atoms with Gasteiger partial charge in [0, 0.05) is 32.8 Å². The average Bonchev–Trinajstić information content (AvgIpc) is 2.86.